The van der Waals surface area contributed by atoms with Crippen LogP contribution in [-0.4, -0.2) is 82.6 Å². The molecule has 3 atom stereocenters. The molecule has 0 aromatic heterocycles. The lowest BCUT2D eigenvalue weighted by molar-refractivity contribution is -0.385. The van der Waals surface area contributed by atoms with Crippen LogP contribution in [0.5, 0.6) is 0 Å². The second-order valence-corrected chi connectivity index (χ2v) is 7.51. The lowest BCUT2D eigenvalue weighted by atomic mass is 10.1. The van der Waals surface area contributed by atoms with Gasteiger partial charge in [0.15, 0.2) is 6.10 Å². The Morgan fingerprint density at radius 3 is 2.45 bits per heavy atom. The van der Waals surface area contributed by atoms with E-state index in [4.69, 9.17) is 9.84 Å². The van der Waals surface area contributed by atoms with Crippen molar-refractivity contribution < 1.29 is 37.5 Å². The molecule has 0 aliphatic carbocycles. The van der Waals surface area contributed by atoms with Crippen molar-refractivity contribution in [1.82, 2.24) is 9.80 Å². The molecule has 2 amide bonds. The highest BCUT2D eigenvalue weighted by Gasteiger charge is 2.53. The van der Waals surface area contributed by atoms with E-state index in [1.54, 1.807) is 6.92 Å². The number of ether oxygens (including phenoxy) is 1. The Morgan fingerprint density at radius 2 is 1.94 bits per heavy atom. The number of anilines is 1. The van der Waals surface area contributed by atoms with E-state index in [0.717, 1.165) is 15.9 Å². The number of rotatable bonds is 3. The van der Waals surface area contributed by atoms with Gasteiger partial charge in [-0.25, -0.2) is 4.79 Å². The Morgan fingerprint density at radius 1 is 1.26 bits per heavy atom. The first-order chi connectivity index (χ1) is 14.4. The minimum absolute atomic E-state index is 0.0400. The van der Waals surface area contributed by atoms with Gasteiger partial charge in [-0.3, -0.25) is 14.9 Å². The van der Waals surface area contributed by atoms with Crippen molar-refractivity contribution in [2.24, 2.45) is 0 Å². The minimum Gasteiger partial charge on any atom is -0.465 e. The van der Waals surface area contributed by atoms with Crippen molar-refractivity contribution in [3.05, 3.63) is 33.9 Å². The SMILES string of the molecule is Cc1cc(N2C[C@@H](C(=O)N3CCN(C(=O)O)C(C)C3)O[C@@H]2C(F)(F)F)ccc1[N+](=O)[O-]. The van der Waals surface area contributed by atoms with Crippen molar-refractivity contribution >= 4 is 23.4 Å². The fourth-order valence-corrected chi connectivity index (χ4v) is 3.85. The number of carboxylic acid groups (broad SMARTS) is 1. The highest BCUT2D eigenvalue weighted by Crippen LogP contribution is 2.37. The van der Waals surface area contributed by atoms with E-state index in [2.05, 4.69) is 0 Å². The van der Waals surface area contributed by atoms with E-state index in [0.29, 0.717) is 0 Å². The molecule has 10 nitrogen and oxygen atoms in total. The molecule has 0 spiro atoms. The molecule has 3 rings (SSSR count). The second kappa shape index (κ2) is 8.21. The molecule has 1 aromatic rings. The Balaban J connectivity index is 1.80. The van der Waals surface area contributed by atoms with Gasteiger partial charge in [-0.05, 0) is 26.0 Å². The van der Waals surface area contributed by atoms with Gasteiger partial charge in [-0.2, -0.15) is 13.2 Å². The Labute approximate surface area is 174 Å². The van der Waals surface area contributed by atoms with Gasteiger partial charge in [0.1, 0.15) is 0 Å². The summed E-state index contributed by atoms with van der Waals surface area (Å²) in [5, 5.41) is 20.1. The Bertz CT molecular complexity index is 896. The summed E-state index contributed by atoms with van der Waals surface area (Å²) in [6, 6.07) is 3.04. The first-order valence-electron chi connectivity index (χ1n) is 9.42. The number of nitrogens with zero attached hydrogens (tertiary/aromatic N) is 4. The first kappa shape index (κ1) is 22.6. The first-order valence-corrected chi connectivity index (χ1v) is 9.42. The average molecular weight is 446 g/mol. The zero-order chi connectivity index (χ0) is 23.1. The maximum Gasteiger partial charge on any atom is 0.433 e. The summed E-state index contributed by atoms with van der Waals surface area (Å²) in [6.45, 7) is 2.75. The van der Waals surface area contributed by atoms with Gasteiger partial charge in [-0.1, -0.05) is 0 Å². The normalized spacial score (nSPS) is 24.4. The zero-order valence-electron chi connectivity index (χ0n) is 16.7. The second-order valence-electron chi connectivity index (χ2n) is 7.51. The van der Waals surface area contributed by atoms with Gasteiger partial charge >= 0.3 is 12.3 Å². The molecule has 1 aromatic carbocycles. The van der Waals surface area contributed by atoms with E-state index in [1.807, 2.05) is 0 Å². The van der Waals surface area contributed by atoms with Crippen LogP contribution in [0.1, 0.15) is 12.5 Å². The van der Waals surface area contributed by atoms with Gasteiger partial charge in [0.2, 0.25) is 6.23 Å². The average Bonchev–Trinajstić information content (AvgIpc) is 3.12. The molecule has 0 saturated carbocycles. The van der Waals surface area contributed by atoms with Crippen LogP contribution in [0.4, 0.5) is 29.3 Å². The standard InChI is InChI=1S/C18H21F3N4O6/c1-10-7-12(3-4-13(10)25(29)30)24-9-14(31-16(24)18(19,20)21)15(26)22-5-6-23(17(27)28)11(2)8-22/h3-4,7,11,14,16H,5-6,8-9H2,1-2H3,(H,27,28)/t11?,14-,16+/m0/s1. The maximum atomic E-state index is 13.6. The number of benzene rings is 1. The van der Waals surface area contributed by atoms with Crippen LogP contribution in [0.15, 0.2) is 18.2 Å². The van der Waals surface area contributed by atoms with Crippen molar-refractivity contribution in [2.45, 2.75) is 38.4 Å². The molecule has 2 aliphatic heterocycles. The third-order valence-corrected chi connectivity index (χ3v) is 5.39. The maximum absolute atomic E-state index is 13.6. The summed E-state index contributed by atoms with van der Waals surface area (Å²) < 4.78 is 45.9. The molecule has 2 aliphatic rings. The molecule has 170 valence electrons. The van der Waals surface area contributed by atoms with E-state index in [-0.39, 0.29) is 36.6 Å². The Hall–Kier alpha value is -3.09. The van der Waals surface area contributed by atoms with Crippen LogP contribution in [0.25, 0.3) is 0 Å². The molecule has 1 unspecified atom stereocenters. The number of nitro benzene ring substituents is 1. The number of halogens is 3. The van der Waals surface area contributed by atoms with Crippen LogP contribution in [-0.2, 0) is 9.53 Å². The summed E-state index contributed by atoms with van der Waals surface area (Å²) >= 11 is 0. The van der Waals surface area contributed by atoms with Crippen molar-refractivity contribution in [2.75, 3.05) is 31.1 Å². The van der Waals surface area contributed by atoms with Crippen LogP contribution in [0, 0.1) is 17.0 Å². The number of alkyl halides is 3. The topological polar surface area (TPSA) is 116 Å². The molecular formula is C18H21F3N4O6. The number of carbonyl (C=O) groups is 2. The summed E-state index contributed by atoms with van der Waals surface area (Å²) in [5.74, 6) is -0.660. The summed E-state index contributed by atoms with van der Waals surface area (Å²) in [6.07, 6.45) is -9.74. The highest BCUT2D eigenvalue weighted by atomic mass is 19.4. The number of carbonyl (C=O) groups excluding carboxylic acids is 1. The van der Waals surface area contributed by atoms with Gasteiger partial charge in [0.05, 0.1) is 11.5 Å². The van der Waals surface area contributed by atoms with E-state index in [1.165, 1.54) is 24.0 Å². The lowest BCUT2D eigenvalue weighted by Crippen LogP contribution is -2.57. The molecule has 13 heteroatoms. The fourth-order valence-electron chi connectivity index (χ4n) is 3.85. The van der Waals surface area contributed by atoms with Gasteiger partial charge < -0.3 is 24.5 Å². The molecule has 1 N–H and O–H groups in total. The van der Waals surface area contributed by atoms with E-state index < -0.39 is 48.0 Å². The third-order valence-electron chi connectivity index (χ3n) is 5.39. The molecule has 0 bridgehead atoms. The number of piperazine rings is 1. The predicted octanol–water partition coefficient (Wildman–Crippen LogP) is 2.21. The quantitative estimate of drug-likeness (QED) is 0.559. The fraction of sp³-hybridized carbons (Fsp3) is 0.556. The van der Waals surface area contributed by atoms with Gasteiger partial charge in [0.25, 0.3) is 11.6 Å². The van der Waals surface area contributed by atoms with Crippen LogP contribution < -0.4 is 4.90 Å². The van der Waals surface area contributed by atoms with Gasteiger partial charge in [0, 0.05) is 43.0 Å². The number of amides is 2. The van der Waals surface area contributed by atoms with E-state index in [9.17, 15) is 32.9 Å². The summed E-state index contributed by atoms with van der Waals surface area (Å²) in [5.41, 5.74) is -0.00746. The van der Waals surface area contributed by atoms with Crippen LogP contribution in [0.3, 0.4) is 0 Å². The number of aryl methyl sites for hydroxylation is 1. The molecule has 2 saturated heterocycles. The van der Waals surface area contributed by atoms with E-state index >= 15 is 0 Å². The summed E-state index contributed by atoms with van der Waals surface area (Å²) in [7, 11) is 0. The van der Waals surface area contributed by atoms with Crippen molar-refractivity contribution in [3.8, 4) is 0 Å². The monoisotopic (exact) mass is 446 g/mol. The predicted molar refractivity (Wildman–Crippen MR) is 101 cm³/mol. The largest absolute Gasteiger partial charge is 0.465 e. The molecule has 2 fully saturated rings. The molecule has 0 radical (unpaired) electrons. The van der Waals surface area contributed by atoms with Crippen LogP contribution >= 0.6 is 0 Å². The summed E-state index contributed by atoms with van der Waals surface area (Å²) in [4.78, 5) is 37.7. The minimum atomic E-state index is -4.81. The smallest absolute Gasteiger partial charge is 0.433 e. The number of nitro groups is 1. The lowest BCUT2D eigenvalue weighted by Gasteiger charge is -2.38. The van der Waals surface area contributed by atoms with Crippen LogP contribution in [0.2, 0.25) is 0 Å². The Kier molecular flexibility index (Phi) is 5.98. The highest BCUT2D eigenvalue weighted by molar-refractivity contribution is 5.83. The zero-order valence-corrected chi connectivity index (χ0v) is 16.7. The van der Waals surface area contributed by atoms with Crippen molar-refractivity contribution in [3.63, 3.8) is 0 Å². The molecule has 2 heterocycles. The number of hydrogen-bond acceptors (Lipinski definition) is 6. The number of hydrogen-bond donors (Lipinski definition) is 1. The molecular weight excluding hydrogens is 425 g/mol. The van der Waals surface area contributed by atoms with Crippen molar-refractivity contribution in [1.29, 1.82) is 0 Å². The third kappa shape index (κ3) is 4.50. The van der Waals surface area contributed by atoms with Gasteiger partial charge in [-0.15, -0.1) is 0 Å². The molecule has 31 heavy (non-hydrogen) atoms.